The van der Waals surface area contributed by atoms with E-state index in [1.54, 1.807) is 6.07 Å². The molecule has 1 aliphatic heterocycles. The van der Waals surface area contributed by atoms with Crippen LogP contribution >= 0.6 is 15.9 Å². The number of para-hydroxylation sites is 2. The monoisotopic (exact) mass is 688 g/mol. The number of esters is 1. The summed E-state index contributed by atoms with van der Waals surface area (Å²) in [6.45, 7) is 4.06. The molecule has 1 aliphatic rings. The van der Waals surface area contributed by atoms with Crippen LogP contribution in [0.25, 0.3) is 0 Å². The van der Waals surface area contributed by atoms with Crippen molar-refractivity contribution in [3.63, 3.8) is 0 Å². The minimum Gasteiger partial charge on any atom is -0.504 e. The van der Waals surface area contributed by atoms with E-state index in [2.05, 4.69) is 28.2 Å². The Morgan fingerprint density at radius 1 is 1.09 bits per heavy atom. The van der Waals surface area contributed by atoms with Gasteiger partial charge in [-0.25, -0.2) is 13.2 Å². The first-order valence-electron chi connectivity index (χ1n) is 14.3. The summed E-state index contributed by atoms with van der Waals surface area (Å²) in [6.07, 6.45) is 3.30. The lowest BCUT2D eigenvalue weighted by atomic mass is 9.81. The number of hydrogen-bond donors (Lipinski definition) is 3. The van der Waals surface area contributed by atoms with Crippen LogP contribution in [0.1, 0.15) is 51.1 Å². The summed E-state index contributed by atoms with van der Waals surface area (Å²) in [5.41, 5.74) is 0.837. The SMILES string of the molecule is CCCCC1(CC)CN(c2ccccc2)c2cc(Br)c(OCC(=O)NC(C(=O)OC)c3cccc(O)c3O)cc2S(=O)(=O)C1. The van der Waals surface area contributed by atoms with Crippen LogP contribution in [0.4, 0.5) is 11.4 Å². The van der Waals surface area contributed by atoms with E-state index < -0.39 is 51.3 Å². The van der Waals surface area contributed by atoms with E-state index in [0.29, 0.717) is 23.1 Å². The summed E-state index contributed by atoms with van der Waals surface area (Å²) in [7, 11) is -2.66. The number of anilines is 2. The Morgan fingerprint density at radius 2 is 1.82 bits per heavy atom. The van der Waals surface area contributed by atoms with Crippen LogP contribution in [0.2, 0.25) is 0 Å². The second kappa shape index (κ2) is 13.9. The van der Waals surface area contributed by atoms with E-state index in [1.807, 2.05) is 42.2 Å². The number of unbranched alkanes of at least 4 members (excludes halogenated alkanes) is 1. The molecule has 0 saturated carbocycles. The van der Waals surface area contributed by atoms with Gasteiger partial charge in [-0.2, -0.15) is 0 Å². The Hall–Kier alpha value is -3.77. The van der Waals surface area contributed by atoms with Gasteiger partial charge in [0.25, 0.3) is 5.91 Å². The molecule has 44 heavy (non-hydrogen) atoms. The summed E-state index contributed by atoms with van der Waals surface area (Å²) < 4.78 is 39.0. The Morgan fingerprint density at radius 3 is 2.48 bits per heavy atom. The number of carbonyl (C=O) groups excluding carboxylic acids is 2. The fourth-order valence-electron chi connectivity index (χ4n) is 5.48. The predicted octanol–water partition coefficient (Wildman–Crippen LogP) is 5.78. The van der Waals surface area contributed by atoms with Crippen LogP contribution in [-0.4, -0.2) is 56.5 Å². The van der Waals surface area contributed by atoms with Gasteiger partial charge in [0.05, 0.1) is 27.9 Å². The van der Waals surface area contributed by atoms with Crippen LogP contribution < -0.4 is 15.0 Å². The first kappa shape index (κ1) is 33.1. The normalized spacial score (nSPS) is 18.0. The molecule has 10 nitrogen and oxygen atoms in total. The van der Waals surface area contributed by atoms with Crippen molar-refractivity contribution in [3.05, 3.63) is 70.7 Å². The summed E-state index contributed by atoms with van der Waals surface area (Å²) in [4.78, 5) is 27.5. The summed E-state index contributed by atoms with van der Waals surface area (Å²) in [5.74, 6) is -2.56. The van der Waals surface area contributed by atoms with Gasteiger partial charge in [0.1, 0.15) is 5.75 Å². The van der Waals surface area contributed by atoms with Gasteiger partial charge in [0.2, 0.25) is 0 Å². The highest BCUT2D eigenvalue weighted by Crippen LogP contribution is 2.47. The van der Waals surface area contributed by atoms with Gasteiger partial charge in [0.15, 0.2) is 34.0 Å². The zero-order valence-corrected chi connectivity index (χ0v) is 27.3. The molecule has 4 rings (SSSR count). The number of amides is 1. The van der Waals surface area contributed by atoms with Crippen LogP contribution in [-0.2, 0) is 24.2 Å². The third-order valence-corrected chi connectivity index (χ3v) is 10.6. The zero-order valence-electron chi connectivity index (χ0n) is 24.9. The summed E-state index contributed by atoms with van der Waals surface area (Å²) in [6, 6.07) is 15.3. The lowest BCUT2D eigenvalue weighted by Crippen LogP contribution is -2.37. The molecule has 3 aromatic carbocycles. The zero-order chi connectivity index (χ0) is 32.1. The molecular formula is C32H37BrN2O8S. The molecular weight excluding hydrogens is 652 g/mol. The number of nitrogens with one attached hydrogen (secondary N) is 1. The first-order valence-corrected chi connectivity index (χ1v) is 16.8. The van der Waals surface area contributed by atoms with E-state index in [9.17, 15) is 28.2 Å². The first-order chi connectivity index (χ1) is 20.9. The molecule has 12 heteroatoms. The third-order valence-electron chi connectivity index (χ3n) is 7.97. The van der Waals surface area contributed by atoms with E-state index in [-0.39, 0.29) is 22.0 Å². The number of phenols is 2. The minimum atomic E-state index is -3.78. The van der Waals surface area contributed by atoms with Gasteiger partial charge >= 0.3 is 5.97 Å². The molecule has 236 valence electrons. The van der Waals surface area contributed by atoms with Crippen LogP contribution in [0.3, 0.4) is 0 Å². The van der Waals surface area contributed by atoms with Crippen molar-refractivity contribution in [3.8, 4) is 17.2 Å². The van der Waals surface area contributed by atoms with Crippen molar-refractivity contribution in [2.45, 2.75) is 50.5 Å². The van der Waals surface area contributed by atoms with Gasteiger partial charge in [0, 0.05) is 29.3 Å². The summed E-state index contributed by atoms with van der Waals surface area (Å²) in [5, 5.41) is 22.6. The Labute approximate surface area is 266 Å². The maximum atomic E-state index is 14.0. The van der Waals surface area contributed by atoms with Gasteiger partial charge in [-0.05, 0) is 53.0 Å². The molecule has 3 N–H and O–H groups in total. The average molecular weight is 690 g/mol. The number of phenolic OH excluding ortho intramolecular Hbond substituents is 2. The highest BCUT2D eigenvalue weighted by molar-refractivity contribution is 9.10. The number of benzene rings is 3. The predicted molar refractivity (Wildman–Crippen MR) is 170 cm³/mol. The quantitative estimate of drug-likeness (QED) is 0.169. The number of ether oxygens (including phenoxy) is 2. The molecule has 0 saturated heterocycles. The highest BCUT2D eigenvalue weighted by atomic mass is 79.9. The fraction of sp³-hybridized carbons (Fsp3) is 0.375. The molecule has 0 aromatic heterocycles. The summed E-state index contributed by atoms with van der Waals surface area (Å²) >= 11 is 3.50. The van der Waals surface area contributed by atoms with Gasteiger partial charge in [-0.1, -0.05) is 57.0 Å². The number of methoxy groups -OCH3 is 1. The molecule has 0 radical (unpaired) electrons. The Bertz CT molecular complexity index is 1620. The Kier molecular flexibility index (Phi) is 10.5. The number of rotatable bonds is 11. The second-order valence-corrected chi connectivity index (χ2v) is 13.7. The molecule has 0 fully saturated rings. The third kappa shape index (κ3) is 7.13. The van der Waals surface area contributed by atoms with E-state index in [0.717, 1.165) is 32.1 Å². The highest BCUT2D eigenvalue weighted by Gasteiger charge is 2.42. The number of hydrogen-bond acceptors (Lipinski definition) is 9. The minimum absolute atomic E-state index is 0.0252. The van der Waals surface area contributed by atoms with Crippen molar-refractivity contribution in [2.24, 2.45) is 5.41 Å². The standard InChI is InChI=1S/C32H37BrN2O8S/c1-4-6-15-32(5-2)19-35(21-11-8-7-9-12-21)24-16-23(33)26(17-27(24)44(40,41)20-32)43-18-28(37)34-29(31(39)42-3)22-13-10-14-25(36)30(22)38/h7-14,16-17,29,36,38H,4-6,15,18-20H2,1-3H3,(H,34,37). The molecule has 1 heterocycles. The van der Waals surface area contributed by atoms with Crippen LogP contribution in [0, 0.1) is 5.41 Å². The molecule has 0 spiro atoms. The molecule has 2 unspecified atom stereocenters. The largest absolute Gasteiger partial charge is 0.504 e. The number of fused-ring (bicyclic) bond motifs is 1. The van der Waals surface area contributed by atoms with Crippen molar-refractivity contribution in [1.29, 1.82) is 0 Å². The molecule has 1 amide bonds. The molecule has 3 aromatic rings. The molecule has 0 aliphatic carbocycles. The number of carbonyl (C=O) groups is 2. The lowest BCUT2D eigenvalue weighted by molar-refractivity contribution is -0.145. The second-order valence-electron chi connectivity index (χ2n) is 10.9. The van der Waals surface area contributed by atoms with Gasteiger partial charge in [-0.3, -0.25) is 4.79 Å². The maximum Gasteiger partial charge on any atom is 0.333 e. The fourth-order valence-corrected chi connectivity index (χ4v) is 8.10. The van der Waals surface area contributed by atoms with Crippen molar-refractivity contribution in [2.75, 3.05) is 30.9 Å². The number of halogens is 1. The van der Waals surface area contributed by atoms with Crippen molar-refractivity contribution >= 4 is 49.0 Å². The van der Waals surface area contributed by atoms with Crippen molar-refractivity contribution < 1.29 is 37.7 Å². The van der Waals surface area contributed by atoms with Crippen LogP contribution in [0.5, 0.6) is 17.2 Å². The van der Waals surface area contributed by atoms with E-state index >= 15 is 0 Å². The Balaban J connectivity index is 1.66. The number of aromatic hydroxyl groups is 2. The maximum absolute atomic E-state index is 14.0. The number of nitrogens with zero attached hydrogens (tertiary/aromatic N) is 1. The van der Waals surface area contributed by atoms with E-state index in [4.69, 9.17) is 9.47 Å². The molecule has 2 atom stereocenters. The van der Waals surface area contributed by atoms with Crippen molar-refractivity contribution in [1.82, 2.24) is 5.32 Å². The number of sulfone groups is 1. The van der Waals surface area contributed by atoms with E-state index in [1.165, 1.54) is 24.3 Å². The topological polar surface area (TPSA) is 142 Å². The van der Waals surface area contributed by atoms with Gasteiger partial charge < -0.3 is 29.9 Å². The smallest absolute Gasteiger partial charge is 0.333 e. The lowest BCUT2D eigenvalue weighted by Gasteiger charge is -2.36. The molecule has 0 bridgehead atoms. The average Bonchev–Trinajstić information content (AvgIpc) is 3.11. The van der Waals surface area contributed by atoms with Gasteiger partial charge in [-0.15, -0.1) is 0 Å². The van der Waals surface area contributed by atoms with Crippen LogP contribution in [0.15, 0.2) is 70.0 Å².